The zero-order chi connectivity index (χ0) is 18.6. The molecular formula is C18H20N4O3S. The van der Waals surface area contributed by atoms with Crippen molar-refractivity contribution in [3.05, 3.63) is 54.7 Å². The summed E-state index contributed by atoms with van der Waals surface area (Å²) in [7, 11) is -1.50. The fourth-order valence-corrected chi connectivity index (χ4v) is 3.59. The van der Waals surface area contributed by atoms with Gasteiger partial charge in [0.05, 0.1) is 24.1 Å². The summed E-state index contributed by atoms with van der Waals surface area (Å²) in [5, 5.41) is 13.1. The fourth-order valence-electron chi connectivity index (χ4n) is 2.52. The topological polar surface area (TPSA) is 107 Å². The molecular weight excluding hydrogens is 352 g/mol. The lowest BCUT2D eigenvalue weighted by Crippen LogP contribution is -2.25. The molecule has 3 rings (SSSR count). The Bertz CT molecular complexity index is 1000. The Morgan fingerprint density at radius 1 is 1.19 bits per heavy atom. The minimum Gasteiger partial charge on any atom is -0.497 e. The van der Waals surface area contributed by atoms with Crippen LogP contribution in [0.4, 0.5) is 11.4 Å². The van der Waals surface area contributed by atoms with E-state index in [4.69, 9.17) is 14.6 Å². The second-order valence-corrected chi connectivity index (χ2v) is 7.44. The number of pyridine rings is 1. The zero-order valence-corrected chi connectivity index (χ0v) is 15.0. The number of ether oxygens (including phenoxy) is 1. The van der Waals surface area contributed by atoms with Crippen LogP contribution in [0.1, 0.15) is 0 Å². The highest BCUT2D eigenvalue weighted by Crippen LogP contribution is 2.28. The van der Waals surface area contributed by atoms with E-state index in [1.165, 1.54) is 0 Å². The Kier molecular flexibility index (Phi) is 5.36. The molecule has 1 unspecified atom stereocenters. The second kappa shape index (κ2) is 7.69. The molecule has 0 amide bonds. The minimum absolute atomic E-state index is 0.106. The smallest absolute Gasteiger partial charge is 0.134 e. The monoisotopic (exact) mass is 372 g/mol. The standard InChI is InChI=1S/C18H20N4O3S/c1-25-14-4-7-16-17(8-9-20-18(16)12-14)22-13-2-5-15(6-3-13)26(19,24)21-10-11-23/h2-9,12,23H,10-11H2,1H3,(H,20,22)(H2,19,21,24). The average molecular weight is 372 g/mol. The van der Waals surface area contributed by atoms with Gasteiger partial charge in [-0.3, -0.25) is 4.98 Å². The lowest BCUT2D eigenvalue weighted by molar-refractivity contribution is 0.301. The van der Waals surface area contributed by atoms with Gasteiger partial charge in [0.25, 0.3) is 0 Å². The van der Waals surface area contributed by atoms with Gasteiger partial charge in [0.2, 0.25) is 0 Å². The van der Waals surface area contributed by atoms with E-state index in [0.717, 1.165) is 28.0 Å². The predicted octanol–water partition coefficient (Wildman–Crippen LogP) is 2.89. The molecule has 0 aliphatic rings. The molecule has 8 heteroatoms. The summed E-state index contributed by atoms with van der Waals surface area (Å²) in [5.74, 6) is 0.743. The SMILES string of the molecule is COc1ccc2c(Nc3ccc(S(=N)(=O)NCCO)cc3)ccnc2c1. The number of aromatic nitrogens is 1. The van der Waals surface area contributed by atoms with Gasteiger partial charge in [-0.05, 0) is 42.5 Å². The van der Waals surface area contributed by atoms with Crippen LogP contribution in [0.5, 0.6) is 5.75 Å². The van der Waals surface area contributed by atoms with E-state index < -0.39 is 9.92 Å². The van der Waals surface area contributed by atoms with Crippen molar-refractivity contribution >= 4 is 32.2 Å². The van der Waals surface area contributed by atoms with Gasteiger partial charge in [0.15, 0.2) is 0 Å². The van der Waals surface area contributed by atoms with Crippen LogP contribution in [0, 0.1) is 4.78 Å². The largest absolute Gasteiger partial charge is 0.497 e. The molecule has 0 aliphatic carbocycles. The first kappa shape index (κ1) is 18.1. The molecule has 3 aromatic rings. The van der Waals surface area contributed by atoms with Crippen molar-refractivity contribution in [2.75, 3.05) is 25.6 Å². The summed E-state index contributed by atoms with van der Waals surface area (Å²) < 4.78 is 27.9. The Labute approximate surface area is 152 Å². The van der Waals surface area contributed by atoms with Gasteiger partial charge >= 0.3 is 0 Å². The molecule has 0 saturated heterocycles. The fraction of sp³-hybridized carbons (Fsp3) is 0.167. The molecule has 0 radical (unpaired) electrons. The Hall–Kier alpha value is -2.68. The maximum atomic E-state index is 12.3. The van der Waals surface area contributed by atoms with E-state index >= 15 is 0 Å². The Morgan fingerprint density at radius 3 is 2.65 bits per heavy atom. The van der Waals surface area contributed by atoms with Crippen LogP contribution >= 0.6 is 0 Å². The van der Waals surface area contributed by atoms with Crippen LogP contribution < -0.4 is 14.8 Å². The first-order valence-corrected chi connectivity index (χ1v) is 9.53. The number of methoxy groups -OCH3 is 1. The number of fused-ring (bicyclic) bond motifs is 1. The summed E-state index contributed by atoms with van der Waals surface area (Å²) in [6.45, 7) is -0.0653. The van der Waals surface area contributed by atoms with Crippen molar-refractivity contribution in [2.24, 2.45) is 0 Å². The van der Waals surface area contributed by atoms with E-state index in [2.05, 4.69) is 15.0 Å². The summed E-state index contributed by atoms with van der Waals surface area (Å²) in [5.41, 5.74) is 2.50. The van der Waals surface area contributed by atoms with Gasteiger partial charge in [0, 0.05) is 35.6 Å². The lowest BCUT2D eigenvalue weighted by Gasteiger charge is -2.12. The number of hydrogen-bond donors (Lipinski definition) is 4. The third-order valence-electron chi connectivity index (χ3n) is 3.83. The number of anilines is 2. The van der Waals surface area contributed by atoms with Gasteiger partial charge in [0.1, 0.15) is 15.7 Å². The van der Waals surface area contributed by atoms with Gasteiger partial charge in [-0.2, -0.15) is 0 Å². The highest BCUT2D eigenvalue weighted by atomic mass is 32.2. The van der Waals surface area contributed by atoms with Gasteiger partial charge in [-0.25, -0.2) is 13.7 Å². The molecule has 1 atom stereocenters. The van der Waals surface area contributed by atoms with Crippen molar-refractivity contribution < 1.29 is 14.1 Å². The number of nitrogens with one attached hydrogen (secondary N) is 3. The number of hydrogen-bond acceptors (Lipinski definition) is 6. The van der Waals surface area contributed by atoms with Crippen LogP contribution in [0.2, 0.25) is 0 Å². The van der Waals surface area contributed by atoms with Crippen LogP contribution in [0.25, 0.3) is 10.9 Å². The normalized spacial score (nSPS) is 13.3. The number of benzene rings is 2. The molecule has 0 aliphatic heterocycles. The van der Waals surface area contributed by atoms with Gasteiger partial charge < -0.3 is 15.2 Å². The van der Waals surface area contributed by atoms with E-state index in [1.807, 2.05) is 24.3 Å². The lowest BCUT2D eigenvalue weighted by atomic mass is 10.1. The minimum atomic E-state index is -3.12. The number of rotatable bonds is 7. The molecule has 7 nitrogen and oxygen atoms in total. The van der Waals surface area contributed by atoms with E-state index in [1.54, 1.807) is 37.6 Å². The van der Waals surface area contributed by atoms with Gasteiger partial charge in [-0.15, -0.1) is 0 Å². The number of aliphatic hydroxyl groups is 1. The molecule has 2 aromatic carbocycles. The van der Waals surface area contributed by atoms with Crippen molar-refractivity contribution in [1.29, 1.82) is 4.78 Å². The molecule has 0 fully saturated rings. The highest BCUT2D eigenvalue weighted by molar-refractivity contribution is 7.90. The van der Waals surface area contributed by atoms with Crippen molar-refractivity contribution in [3.8, 4) is 5.75 Å². The van der Waals surface area contributed by atoms with Gasteiger partial charge in [-0.1, -0.05) is 0 Å². The van der Waals surface area contributed by atoms with Crippen molar-refractivity contribution in [2.45, 2.75) is 4.90 Å². The predicted molar refractivity (Wildman–Crippen MR) is 102 cm³/mol. The molecule has 4 N–H and O–H groups in total. The maximum Gasteiger partial charge on any atom is 0.134 e. The molecule has 26 heavy (non-hydrogen) atoms. The molecule has 0 spiro atoms. The summed E-state index contributed by atoms with van der Waals surface area (Å²) in [6, 6.07) is 14.3. The van der Waals surface area contributed by atoms with Crippen molar-refractivity contribution in [3.63, 3.8) is 0 Å². The third-order valence-corrected chi connectivity index (χ3v) is 5.38. The van der Waals surface area contributed by atoms with Crippen LogP contribution in [0.3, 0.4) is 0 Å². The van der Waals surface area contributed by atoms with Crippen LogP contribution in [0.15, 0.2) is 59.6 Å². The zero-order valence-electron chi connectivity index (χ0n) is 14.2. The van der Waals surface area contributed by atoms with E-state index in [-0.39, 0.29) is 13.2 Å². The first-order valence-electron chi connectivity index (χ1n) is 7.97. The van der Waals surface area contributed by atoms with Crippen LogP contribution in [-0.4, -0.2) is 34.6 Å². The van der Waals surface area contributed by atoms with Crippen LogP contribution in [-0.2, 0) is 9.92 Å². The Balaban J connectivity index is 1.85. The molecule has 136 valence electrons. The molecule has 0 saturated carbocycles. The average Bonchev–Trinajstić information content (AvgIpc) is 2.66. The third kappa shape index (κ3) is 3.93. The van der Waals surface area contributed by atoms with E-state index in [9.17, 15) is 4.21 Å². The molecule has 1 heterocycles. The summed E-state index contributed by atoms with van der Waals surface area (Å²) in [4.78, 5) is 4.72. The maximum absolute atomic E-state index is 12.3. The Morgan fingerprint density at radius 2 is 1.96 bits per heavy atom. The first-order chi connectivity index (χ1) is 12.5. The highest BCUT2D eigenvalue weighted by Gasteiger charge is 2.09. The second-order valence-electron chi connectivity index (χ2n) is 5.57. The molecule has 0 bridgehead atoms. The van der Waals surface area contributed by atoms with E-state index in [0.29, 0.717) is 4.90 Å². The summed E-state index contributed by atoms with van der Waals surface area (Å²) in [6.07, 6.45) is 1.72. The summed E-state index contributed by atoms with van der Waals surface area (Å²) >= 11 is 0. The number of nitrogens with zero attached hydrogens (tertiary/aromatic N) is 1. The number of aliphatic hydroxyl groups excluding tert-OH is 1. The quantitative estimate of drug-likeness (QED) is 0.510. The molecule has 1 aromatic heterocycles. The van der Waals surface area contributed by atoms with Crippen molar-refractivity contribution in [1.82, 2.24) is 9.71 Å².